The highest BCUT2D eigenvalue weighted by Gasteiger charge is 2.33. The Hall–Kier alpha value is -0.176. The summed E-state index contributed by atoms with van der Waals surface area (Å²) in [7, 11) is -3.43. The first-order chi connectivity index (χ1) is 11.7. The minimum atomic E-state index is -1.83. The maximum absolute atomic E-state index is 12.4. The van der Waals surface area contributed by atoms with E-state index in [-0.39, 0.29) is 5.97 Å². The highest BCUT2D eigenvalue weighted by Crippen LogP contribution is 2.22. The Morgan fingerprint density at radius 3 is 2.04 bits per heavy atom. The lowest BCUT2D eigenvalue weighted by molar-refractivity contribution is -0.136. The van der Waals surface area contributed by atoms with Crippen LogP contribution >= 0.6 is 0 Å². The topological polar surface area (TPSA) is 38.8 Å². The van der Waals surface area contributed by atoms with Crippen molar-refractivity contribution >= 4 is 22.6 Å². The molecule has 0 rings (SSSR count). The summed E-state index contributed by atoms with van der Waals surface area (Å²) in [5.41, 5.74) is 0. The molecule has 0 aliphatic heterocycles. The van der Waals surface area contributed by atoms with Crippen LogP contribution in [0.15, 0.2) is 0 Å². The molecular weight excluding hydrogens is 346 g/mol. The van der Waals surface area contributed by atoms with Crippen LogP contribution < -0.4 is 0 Å². The van der Waals surface area contributed by atoms with Gasteiger partial charge in [0.1, 0.15) is 0 Å². The van der Waals surface area contributed by atoms with E-state index in [0.717, 1.165) is 50.1 Å². The molecule has 0 aromatic heterocycles. The number of carbonyl (C=O) groups is 1. The van der Waals surface area contributed by atoms with Gasteiger partial charge >= 0.3 is 5.97 Å². The smallest absolute Gasteiger partial charge is 0.306 e. The van der Waals surface area contributed by atoms with E-state index in [0.29, 0.717) is 12.6 Å². The van der Waals surface area contributed by atoms with Crippen LogP contribution in [-0.4, -0.2) is 53.2 Å². The Labute approximate surface area is 158 Å². The Bertz CT molecular complexity index is 365. The molecule has 25 heavy (non-hydrogen) atoms. The molecule has 0 aromatic rings. The summed E-state index contributed by atoms with van der Waals surface area (Å²) in [6, 6.07) is 4.19. The van der Waals surface area contributed by atoms with Crippen LogP contribution in [0, 0.1) is 0 Å². The van der Waals surface area contributed by atoms with E-state index in [2.05, 4.69) is 59.5 Å². The van der Waals surface area contributed by atoms with Crippen molar-refractivity contribution in [1.29, 1.82) is 0 Å². The Kier molecular flexibility index (Phi) is 12.2. The summed E-state index contributed by atoms with van der Waals surface area (Å²) in [6.07, 6.45) is 2.52. The van der Waals surface area contributed by atoms with E-state index in [1.165, 1.54) is 0 Å². The third-order valence-electron chi connectivity index (χ3n) is 5.41. The lowest BCUT2D eigenvalue weighted by Gasteiger charge is -2.30. The van der Waals surface area contributed by atoms with Crippen molar-refractivity contribution in [1.82, 2.24) is 4.90 Å². The molecule has 0 saturated heterocycles. The van der Waals surface area contributed by atoms with Gasteiger partial charge in [-0.05, 0) is 70.1 Å². The van der Waals surface area contributed by atoms with Crippen LogP contribution in [0.2, 0.25) is 37.3 Å². The number of likely N-dealkylation sites (N-methyl/N-ethyl adjacent to an activating group) is 1. The fraction of sp³-hybridized carbons (Fsp3) is 0.947. The van der Waals surface area contributed by atoms with Crippen LogP contribution in [0.5, 0.6) is 0 Å². The van der Waals surface area contributed by atoms with Gasteiger partial charge in [0.25, 0.3) is 8.32 Å². The molecule has 0 spiro atoms. The second-order valence-corrected chi connectivity index (χ2v) is 16.7. The monoisotopic (exact) mass is 389 g/mol. The predicted molar refractivity (Wildman–Crippen MR) is 113 cm³/mol. The average molecular weight is 390 g/mol. The van der Waals surface area contributed by atoms with Crippen molar-refractivity contribution < 1.29 is 13.6 Å². The number of hydrogen-bond acceptors (Lipinski definition) is 4. The lowest BCUT2D eigenvalue weighted by atomic mass is 10.3. The van der Waals surface area contributed by atoms with Crippen molar-refractivity contribution in [2.75, 3.05) is 19.6 Å². The quantitative estimate of drug-likeness (QED) is 0.379. The molecule has 0 saturated carbocycles. The molecule has 0 amide bonds. The molecule has 0 radical (unpaired) electrons. The van der Waals surface area contributed by atoms with E-state index in [4.69, 9.17) is 8.85 Å². The first-order valence-corrected chi connectivity index (χ1v) is 15.9. The van der Waals surface area contributed by atoms with Crippen molar-refractivity contribution in [3.05, 3.63) is 0 Å². The Morgan fingerprint density at radius 1 is 1.04 bits per heavy atom. The van der Waals surface area contributed by atoms with Gasteiger partial charge in [0.15, 0.2) is 8.32 Å². The molecule has 0 N–H and O–H groups in total. The lowest BCUT2D eigenvalue weighted by Crippen LogP contribution is -2.42. The number of nitrogens with zero attached hydrogens (tertiary/aromatic N) is 1. The van der Waals surface area contributed by atoms with Crippen molar-refractivity contribution in [3.63, 3.8) is 0 Å². The zero-order valence-electron chi connectivity index (χ0n) is 18.1. The molecule has 0 fully saturated rings. The molecule has 0 aliphatic rings. The average Bonchev–Trinajstić information content (AvgIpc) is 2.58. The van der Waals surface area contributed by atoms with E-state index >= 15 is 0 Å². The van der Waals surface area contributed by atoms with Crippen LogP contribution in [-0.2, 0) is 13.6 Å². The third-order valence-corrected chi connectivity index (χ3v) is 12.5. The highest BCUT2D eigenvalue weighted by molar-refractivity contribution is 6.75. The molecule has 0 heterocycles. The third kappa shape index (κ3) is 9.92. The van der Waals surface area contributed by atoms with Gasteiger partial charge in [0, 0.05) is 6.10 Å². The van der Waals surface area contributed by atoms with Crippen molar-refractivity contribution in [2.24, 2.45) is 0 Å². The maximum atomic E-state index is 12.4. The van der Waals surface area contributed by atoms with Crippen LogP contribution in [0.25, 0.3) is 0 Å². The molecule has 0 aromatic carbocycles. The largest absolute Gasteiger partial charge is 0.518 e. The molecule has 1 atom stereocenters. The standard InChI is InChI=1S/C19H43NO3Si2/c1-9-18(6)22-24(7,8)16-14-15-20(10-2)17-19(21)23-25(11-3,12-4)13-5/h18H,9-17H2,1-8H3. The van der Waals surface area contributed by atoms with Crippen molar-refractivity contribution in [2.45, 2.75) is 97.8 Å². The summed E-state index contributed by atoms with van der Waals surface area (Å²) in [5.74, 6) is -0.0218. The normalized spacial score (nSPS) is 14.0. The molecule has 1 unspecified atom stereocenters. The second-order valence-electron chi connectivity index (χ2n) is 7.79. The van der Waals surface area contributed by atoms with E-state index in [9.17, 15) is 4.79 Å². The van der Waals surface area contributed by atoms with E-state index in [1.54, 1.807) is 0 Å². The number of rotatable bonds is 14. The van der Waals surface area contributed by atoms with E-state index in [1.807, 2.05) is 0 Å². The van der Waals surface area contributed by atoms with Gasteiger partial charge in [0.05, 0.1) is 6.54 Å². The molecule has 6 heteroatoms. The summed E-state index contributed by atoms with van der Waals surface area (Å²) < 4.78 is 12.2. The highest BCUT2D eigenvalue weighted by atomic mass is 28.4. The zero-order valence-corrected chi connectivity index (χ0v) is 20.1. The van der Waals surface area contributed by atoms with Gasteiger partial charge in [-0.1, -0.05) is 34.6 Å². The van der Waals surface area contributed by atoms with Crippen LogP contribution in [0.4, 0.5) is 0 Å². The van der Waals surface area contributed by atoms with Gasteiger partial charge in [0.2, 0.25) is 0 Å². The van der Waals surface area contributed by atoms with Gasteiger partial charge in [-0.25, -0.2) is 0 Å². The second kappa shape index (κ2) is 12.3. The molecule has 0 aliphatic carbocycles. The zero-order chi connectivity index (χ0) is 19.5. The minimum absolute atomic E-state index is 0.0218. The van der Waals surface area contributed by atoms with Crippen molar-refractivity contribution in [3.8, 4) is 0 Å². The fourth-order valence-corrected chi connectivity index (χ4v) is 8.05. The summed E-state index contributed by atoms with van der Waals surface area (Å²) >= 11 is 0. The first-order valence-electron chi connectivity index (χ1n) is 10.3. The summed E-state index contributed by atoms with van der Waals surface area (Å²) in [5, 5.41) is 0. The van der Waals surface area contributed by atoms with Gasteiger partial charge in [-0.3, -0.25) is 9.69 Å². The number of carbonyl (C=O) groups excluding carboxylic acids is 1. The van der Waals surface area contributed by atoms with Crippen LogP contribution in [0.3, 0.4) is 0 Å². The molecular formula is C19H43NO3Si2. The number of hydrogen-bond donors (Lipinski definition) is 0. The molecule has 4 nitrogen and oxygen atoms in total. The Morgan fingerprint density at radius 2 is 1.60 bits per heavy atom. The molecule has 150 valence electrons. The maximum Gasteiger partial charge on any atom is 0.306 e. The van der Waals surface area contributed by atoms with Gasteiger partial charge in [-0.2, -0.15) is 0 Å². The summed E-state index contributed by atoms with van der Waals surface area (Å²) in [6.45, 7) is 19.8. The van der Waals surface area contributed by atoms with Gasteiger partial charge in [-0.15, -0.1) is 0 Å². The first kappa shape index (κ1) is 24.8. The predicted octanol–water partition coefficient (Wildman–Crippen LogP) is 5.27. The van der Waals surface area contributed by atoms with E-state index < -0.39 is 16.6 Å². The van der Waals surface area contributed by atoms with Crippen LogP contribution in [0.1, 0.15) is 54.4 Å². The SMILES string of the molecule is CCC(C)O[Si](C)(C)CCCN(CC)CC(=O)O[Si](CC)(CC)CC. The minimum Gasteiger partial charge on any atom is -0.518 e. The fourth-order valence-electron chi connectivity index (χ4n) is 3.19. The summed E-state index contributed by atoms with van der Waals surface area (Å²) in [4.78, 5) is 14.6. The Balaban J connectivity index is 4.40. The van der Waals surface area contributed by atoms with Gasteiger partial charge < -0.3 is 8.85 Å². The molecule has 0 bridgehead atoms.